The zero-order chi connectivity index (χ0) is 11.5. The van der Waals surface area contributed by atoms with Gasteiger partial charge in [0.1, 0.15) is 10.8 Å². The first-order valence-electron chi connectivity index (χ1n) is 5.06. The van der Waals surface area contributed by atoms with Crippen molar-refractivity contribution in [3.8, 4) is 10.6 Å². The summed E-state index contributed by atoms with van der Waals surface area (Å²) in [5.41, 5.74) is 2.58. The van der Waals surface area contributed by atoms with Crippen LogP contribution in [0.4, 0.5) is 4.39 Å². The number of aryl methyl sites for hydroxylation is 1. The summed E-state index contributed by atoms with van der Waals surface area (Å²) in [6.45, 7) is 2.66. The van der Waals surface area contributed by atoms with Gasteiger partial charge < -0.3 is 5.32 Å². The van der Waals surface area contributed by atoms with E-state index in [1.54, 1.807) is 6.07 Å². The molecule has 16 heavy (non-hydrogen) atoms. The number of hydrogen-bond donors (Lipinski definition) is 1. The van der Waals surface area contributed by atoms with Crippen molar-refractivity contribution in [2.45, 2.75) is 13.5 Å². The molecule has 0 spiro atoms. The maximum atomic E-state index is 13.6. The van der Waals surface area contributed by atoms with Gasteiger partial charge >= 0.3 is 0 Å². The van der Waals surface area contributed by atoms with E-state index in [1.165, 1.54) is 17.4 Å². The fourth-order valence-electron chi connectivity index (χ4n) is 1.50. The Morgan fingerprint density at radius 2 is 2.25 bits per heavy atom. The van der Waals surface area contributed by atoms with Crippen LogP contribution in [0.2, 0.25) is 0 Å². The van der Waals surface area contributed by atoms with E-state index in [0.717, 1.165) is 16.3 Å². The van der Waals surface area contributed by atoms with Gasteiger partial charge in [-0.3, -0.25) is 0 Å². The number of rotatable bonds is 3. The molecule has 0 saturated carbocycles. The summed E-state index contributed by atoms with van der Waals surface area (Å²) >= 11 is 1.47. The van der Waals surface area contributed by atoms with Crippen LogP contribution in [0, 0.1) is 12.7 Å². The standard InChI is InChI=1S/C12H13FN2S/c1-8-3-4-11(13)10(5-8)12-15-9(6-14-2)7-16-12/h3-5,7,14H,6H2,1-2H3. The number of aromatic nitrogens is 1. The number of hydrogen-bond acceptors (Lipinski definition) is 3. The van der Waals surface area contributed by atoms with Crippen molar-refractivity contribution >= 4 is 11.3 Å². The van der Waals surface area contributed by atoms with E-state index in [-0.39, 0.29) is 5.82 Å². The van der Waals surface area contributed by atoms with Crippen molar-refractivity contribution in [2.24, 2.45) is 0 Å². The van der Waals surface area contributed by atoms with E-state index in [1.807, 2.05) is 25.4 Å². The van der Waals surface area contributed by atoms with E-state index in [0.29, 0.717) is 12.1 Å². The molecule has 0 aliphatic heterocycles. The first-order valence-corrected chi connectivity index (χ1v) is 5.94. The second-order valence-electron chi connectivity index (χ2n) is 3.66. The van der Waals surface area contributed by atoms with Gasteiger partial charge in [0.05, 0.1) is 5.69 Å². The van der Waals surface area contributed by atoms with Crippen molar-refractivity contribution in [1.82, 2.24) is 10.3 Å². The Labute approximate surface area is 98.2 Å². The van der Waals surface area contributed by atoms with Crippen molar-refractivity contribution in [1.29, 1.82) is 0 Å². The Kier molecular flexibility index (Phi) is 3.31. The fraction of sp³-hybridized carbons (Fsp3) is 0.250. The molecule has 2 rings (SSSR count). The predicted octanol–water partition coefficient (Wildman–Crippen LogP) is 2.98. The van der Waals surface area contributed by atoms with Gasteiger partial charge in [-0.1, -0.05) is 11.6 Å². The molecule has 0 radical (unpaired) electrons. The molecule has 0 saturated heterocycles. The zero-order valence-corrected chi connectivity index (χ0v) is 10.1. The maximum Gasteiger partial charge on any atom is 0.133 e. The van der Waals surface area contributed by atoms with Crippen molar-refractivity contribution in [3.05, 3.63) is 40.7 Å². The molecule has 0 fully saturated rings. The molecule has 0 aliphatic carbocycles. The topological polar surface area (TPSA) is 24.9 Å². The molecule has 84 valence electrons. The Morgan fingerprint density at radius 3 is 3.00 bits per heavy atom. The summed E-state index contributed by atoms with van der Waals surface area (Å²) in [6, 6.07) is 5.09. The zero-order valence-electron chi connectivity index (χ0n) is 9.25. The van der Waals surface area contributed by atoms with Crippen molar-refractivity contribution in [3.63, 3.8) is 0 Å². The van der Waals surface area contributed by atoms with Crippen LogP contribution in [0.15, 0.2) is 23.6 Å². The highest BCUT2D eigenvalue weighted by Crippen LogP contribution is 2.27. The highest BCUT2D eigenvalue weighted by molar-refractivity contribution is 7.13. The monoisotopic (exact) mass is 236 g/mol. The molecule has 0 amide bonds. The molecule has 0 aliphatic rings. The molecule has 1 aromatic carbocycles. The Morgan fingerprint density at radius 1 is 1.44 bits per heavy atom. The minimum absolute atomic E-state index is 0.212. The molecular formula is C12H13FN2S. The first kappa shape index (κ1) is 11.2. The number of nitrogens with zero attached hydrogens (tertiary/aromatic N) is 1. The molecule has 4 heteroatoms. The lowest BCUT2D eigenvalue weighted by Gasteiger charge is -2.00. The summed E-state index contributed by atoms with van der Waals surface area (Å²) in [7, 11) is 1.87. The second-order valence-corrected chi connectivity index (χ2v) is 4.52. The largest absolute Gasteiger partial charge is 0.314 e. The molecule has 0 bridgehead atoms. The summed E-state index contributed by atoms with van der Waals surface area (Å²) in [6.07, 6.45) is 0. The van der Waals surface area contributed by atoms with Crippen molar-refractivity contribution in [2.75, 3.05) is 7.05 Å². The molecule has 2 nitrogen and oxygen atoms in total. The normalized spacial score (nSPS) is 10.7. The lowest BCUT2D eigenvalue weighted by atomic mass is 10.1. The SMILES string of the molecule is CNCc1csc(-c2cc(C)ccc2F)n1. The van der Waals surface area contributed by atoms with Gasteiger partial charge in [0.25, 0.3) is 0 Å². The average Bonchev–Trinajstić information content (AvgIpc) is 2.71. The minimum Gasteiger partial charge on any atom is -0.314 e. The van der Waals surface area contributed by atoms with Crippen LogP contribution in [-0.4, -0.2) is 12.0 Å². The average molecular weight is 236 g/mol. The summed E-state index contributed by atoms with van der Waals surface area (Å²) in [5, 5.41) is 5.72. The Bertz CT molecular complexity index is 494. The van der Waals surface area contributed by atoms with Crippen LogP contribution in [0.25, 0.3) is 10.6 Å². The van der Waals surface area contributed by atoms with Gasteiger partial charge in [-0.15, -0.1) is 11.3 Å². The van der Waals surface area contributed by atoms with E-state index >= 15 is 0 Å². The summed E-state index contributed by atoms with van der Waals surface area (Å²) in [4.78, 5) is 4.39. The number of nitrogens with one attached hydrogen (secondary N) is 1. The van der Waals surface area contributed by atoms with Crippen LogP contribution < -0.4 is 5.32 Å². The van der Waals surface area contributed by atoms with Crippen LogP contribution in [-0.2, 0) is 6.54 Å². The van der Waals surface area contributed by atoms with E-state index in [9.17, 15) is 4.39 Å². The van der Waals surface area contributed by atoms with Crippen LogP contribution in [0.5, 0.6) is 0 Å². The molecule has 0 unspecified atom stereocenters. The third kappa shape index (κ3) is 2.28. The smallest absolute Gasteiger partial charge is 0.133 e. The van der Waals surface area contributed by atoms with E-state index in [4.69, 9.17) is 0 Å². The van der Waals surface area contributed by atoms with Crippen molar-refractivity contribution < 1.29 is 4.39 Å². The predicted molar refractivity (Wildman–Crippen MR) is 65.0 cm³/mol. The van der Waals surface area contributed by atoms with Crippen LogP contribution >= 0.6 is 11.3 Å². The lowest BCUT2D eigenvalue weighted by molar-refractivity contribution is 0.630. The minimum atomic E-state index is -0.212. The van der Waals surface area contributed by atoms with Gasteiger partial charge in [0.2, 0.25) is 0 Å². The molecule has 1 N–H and O–H groups in total. The molecule has 1 heterocycles. The summed E-state index contributed by atoms with van der Waals surface area (Å²) in [5.74, 6) is -0.212. The lowest BCUT2D eigenvalue weighted by Crippen LogP contribution is -2.04. The third-order valence-corrected chi connectivity index (χ3v) is 3.19. The second kappa shape index (κ2) is 4.72. The fourth-order valence-corrected chi connectivity index (χ4v) is 2.33. The van der Waals surface area contributed by atoms with Crippen LogP contribution in [0.1, 0.15) is 11.3 Å². The molecule has 2 aromatic rings. The number of thiazole rings is 1. The van der Waals surface area contributed by atoms with E-state index < -0.39 is 0 Å². The number of benzene rings is 1. The molecule has 1 aromatic heterocycles. The van der Waals surface area contributed by atoms with Gasteiger partial charge in [0, 0.05) is 17.5 Å². The quantitative estimate of drug-likeness (QED) is 0.886. The molecule has 0 atom stereocenters. The van der Waals surface area contributed by atoms with Gasteiger partial charge in [-0.05, 0) is 26.1 Å². The first-order chi connectivity index (χ1) is 7.70. The van der Waals surface area contributed by atoms with Gasteiger partial charge in [-0.25, -0.2) is 9.37 Å². The molecular weight excluding hydrogens is 223 g/mol. The van der Waals surface area contributed by atoms with Crippen LogP contribution in [0.3, 0.4) is 0 Å². The Balaban J connectivity index is 2.38. The third-order valence-electron chi connectivity index (χ3n) is 2.26. The highest BCUT2D eigenvalue weighted by Gasteiger charge is 2.09. The van der Waals surface area contributed by atoms with E-state index in [2.05, 4.69) is 10.3 Å². The summed E-state index contributed by atoms with van der Waals surface area (Å²) < 4.78 is 13.6. The van der Waals surface area contributed by atoms with Gasteiger partial charge in [-0.2, -0.15) is 0 Å². The van der Waals surface area contributed by atoms with Gasteiger partial charge in [0.15, 0.2) is 0 Å². The highest BCUT2D eigenvalue weighted by atomic mass is 32.1. The Hall–Kier alpha value is -1.26. The number of halogens is 1. The maximum absolute atomic E-state index is 13.6.